The first-order valence-corrected chi connectivity index (χ1v) is 11.5. The lowest BCUT2D eigenvalue weighted by atomic mass is 10.0. The van der Waals surface area contributed by atoms with Gasteiger partial charge in [0.25, 0.3) is 5.91 Å². The number of halogens is 4. The first-order chi connectivity index (χ1) is 16.8. The fourth-order valence-corrected chi connectivity index (χ4v) is 3.98. The summed E-state index contributed by atoms with van der Waals surface area (Å²) in [5.41, 5.74) is 2.47. The number of carboxylic acid groups (broad SMARTS) is 1. The summed E-state index contributed by atoms with van der Waals surface area (Å²) >= 11 is 5.95. The van der Waals surface area contributed by atoms with Crippen LogP contribution in [0.3, 0.4) is 0 Å². The molecule has 0 bridgehead atoms. The molecule has 9 heteroatoms. The molecular formula is C27H25ClF3NO4. The molecule has 3 aromatic carbocycles. The summed E-state index contributed by atoms with van der Waals surface area (Å²) in [4.78, 5) is 23.5. The molecule has 0 aliphatic heterocycles. The van der Waals surface area contributed by atoms with Crippen molar-refractivity contribution >= 4 is 23.5 Å². The highest BCUT2D eigenvalue weighted by Crippen LogP contribution is 2.33. The molecule has 36 heavy (non-hydrogen) atoms. The number of hydrogen-bond acceptors (Lipinski definition) is 3. The number of benzene rings is 3. The lowest BCUT2D eigenvalue weighted by Crippen LogP contribution is -2.27. The fourth-order valence-electron chi connectivity index (χ4n) is 3.71. The third-order valence-electron chi connectivity index (χ3n) is 5.62. The molecule has 0 aliphatic carbocycles. The van der Waals surface area contributed by atoms with Crippen molar-refractivity contribution in [3.8, 4) is 11.5 Å². The van der Waals surface area contributed by atoms with Crippen molar-refractivity contribution in [2.24, 2.45) is 0 Å². The minimum Gasteiger partial charge on any atom is -0.481 e. The number of carbonyl (C=O) groups excluding carboxylic acids is 1. The van der Waals surface area contributed by atoms with E-state index in [9.17, 15) is 22.8 Å². The molecule has 0 saturated heterocycles. The zero-order valence-electron chi connectivity index (χ0n) is 19.9. The number of carboxylic acids is 1. The van der Waals surface area contributed by atoms with E-state index in [-0.39, 0.29) is 17.0 Å². The number of carbonyl (C=O) groups is 2. The van der Waals surface area contributed by atoms with Gasteiger partial charge in [-0.15, -0.1) is 0 Å². The number of rotatable bonds is 8. The van der Waals surface area contributed by atoms with Crippen LogP contribution in [0.15, 0.2) is 54.6 Å². The Bertz CT molecular complexity index is 1290. The summed E-state index contributed by atoms with van der Waals surface area (Å²) in [6.07, 6.45) is -4.08. The highest BCUT2D eigenvalue weighted by Gasteiger charge is 2.31. The zero-order valence-corrected chi connectivity index (χ0v) is 20.6. The second-order valence-corrected chi connectivity index (χ2v) is 8.96. The monoisotopic (exact) mass is 519 g/mol. The largest absolute Gasteiger partial charge is 0.481 e. The Hall–Kier alpha value is -3.52. The van der Waals surface area contributed by atoms with Crippen molar-refractivity contribution in [2.75, 3.05) is 0 Å². The van der Waals surface area contributed by atoms with Crippen molar-refractivity contribution in [3.63, 3.8) is 0 Å². The molecule has 0 heterocycles. The van der Waals surface area contributed by atoms with Crippen LogP contribution in [0.2, 0.25) is 5.02 Å². The van der Waals surface area contributed by atoms with Crippen LogP contribution < -0.4 is 10.1 Å². The predicted octanol–water partition coefficient (Wildman–Crippen LogP) is 7.28. The second kappa shape index (κ2) is 11.0. The van der Waals surface area contributed by atoms with Crippen molar-refractivity contribution in [1.82, 2.24) is 5.32 Å². The summed E-state index contributed by atoms with van der Waals surface area (Å²) in [5.74, 6) is -0.339. The molecule has 1 amide bonds. The second-order valence-electron chi connectivity index (χ2n) is 8.55. The molecule has 3 aromatic rings. The first kappa shape index (κ1) is 27.1. The Kier molecular flexibility index (Phi) is 8.30. The topological polar surface area (TPSA) is 75.6 Å². The van der Waals surface area contributed by atoms with E-state index in [1.165, 1.54) is 0 Å². The van der Waals surface area contributed by atoms with Gasteiger partial charge in [0.2, 0.25) is 0 Å². The Morgan fingerprint density at radius 3 is 2.36 bits per heavy atom. The van der Waals surface area contributed by atoms with E-state index in [0.717, 1.165) is 40.5 Å². The molecule has 2 N–H and O–H groups in total. The summed E-state index contributed by atoms with van der Waals surface area (Å²) in [7, 11) is 0. The van der Waals surface area contributed by atoms with Crippen LogP contribution in [0.1, 0.15) is 57.6 Å². The molecule has 0 fully saturated rings. The SMILES string of the molecule is Cc1cc(Oc2ccc(CCC(=O)O)c(C)c2)cc([C@@H](C)NC(=O)c2ccc(C(F)(F)F)cc2Cl)c1. The van der Waals surface area contributed by atoms with E-state index in [1.807, 2.05) is 38.1 Å². The van der Waals surface area contributed by atoms with Crippen LogP contribution in [0.25, 0.3) is 0 Å². The van der Waals surface area contributed by atoms with Crippen LogP contribution in [-0.4, -0.2) is 17.0 Å². The highest BCUT2D eigenvalue weighted by atomic mass is 35.5. The normalized spacial score (nSPS) is 12.2. The van der Waals surface area contributed by atoms with Gasteiger partial charge in [-0.25, -0.2) is 0 Å². The Morgan fingerprint density at radius 2 is 1.75 bits per heavy atom. The van der Waals surface area contributed by atoms with Gasteiger partial charge in [0, 0.05) is 6.42 Å². The van der Waals surface area contributed by atoms with Crippen LogP contribution in [0.5, 0.6) is 11.5 Å². The number of hydrogen-bond donors (Lipinski definition) is 2. The highest BCUT2D eigenvalue weighted by molar-refractivity contribution is 6.33. The smallest absolute Gasteiger partial charge is 0.416 e. The third-order valence-corrected chi connectivity index (χ3v) is 5.93. The van der Waals surface area contributed by atoms with E-state index in [2.05, 4.69) is 5.32 Å². The van der Waals surface area contributed by atoms with Crippen molar-refractivity contribution in [1.29, 1.82) is 0 Å². The lowest BCUT2D eigenvalue weighted by Gasteiger charge is -2.18. The van der Waals surface area contributed by atoms with Crippen molar-refractivity contribution < 1.29 is 32.6 Å². The molecule has 0 aromatic heterocycles. The van der Waals surface area contributed by atoms with Gasteiger partial charge in [-0.1, -0.05) is 23.7 Å². The molecule has 0 aliphatic rings. The maximum absolute atomic E-state index is 12.9. The van der Waals surface area contributed by atoms with E-state index in [4.69, 9.17) is 21.4 Å². The van der Waals surface area contributed by atoms with E-state index >= 15 is 0 Å². The minimum atomic E-state index is -4.55. The Morgan fingerprint density at radius 1 is 1.03 bits per heavy atom. The molecular weight excluding hydrogens is 495 g/mol. The summed E-state index contributed by atoms with van der Waals surface area (Å²) < 4.78 is 44.6. The van der Waals surface area contributed by atoms with Gasteiger partial charge in [0.05, 0.1) is 22.2 Å². The van der Waals surface area contributed by atoms with E-state index in [0.29, 0.717) is 17.9 Å². The van der Waals surface area contributed by atoms with Crippen LogP contribution in [0.4, 0.5) is 13.2 Å². The number of aliphatic carboxylic acids is 1. The van der Waals surface area contributed by atoms with Gasteiger partial charge in [-0.3, -0.25) is 9.59 Å². The molecule has 3 rings (SSSR count). The Balaban J connectivity index is 1.74. The van der Waals surface area contributed by atoms with Gasteiger partial charge in [-0.05, 0) is 91.9 Å². The maximum atomic E-state index is 12.9. The molecule has 1 atom stereocenters. The number of alkyl halides is 3. The van der Waals surface area contributed by atoms with Crippen molar-refractivity contribution in [2.45, 2.75) is 45.8 Å². The first-order valence-electron chi connectivity index (χ1n) is 11.1. The maximum Gasteiger partial charge on any atom is 0.416 e. The van der Waals surface area contributed by atoms with Crippen LogP contribution in [0, 0.1) is 13.8 Å². The molecule has 0 spiro atoms. The molecule has 5 nitrogen and oxygen atoms in total. The fraction of sp³-hybridized carbons (Fsp3) is 0.259. The van der Waals surface area contributed by atoms with E-state index in [1.54, 1.807) is 19.1 Å². The molecule has 0 unspecified atom stereocenters. The average molecular weight is 520 g/mol. The van der Waals surface area contributed by atoms with Gasteiger partial charge >= 0.3 is 12.1 Å². The quantitative estimate of drug-likeness (QED) is 0.328. The van der Waals surface area contributed by atoms with Crippen LogP contribution >= 0.6 is 11.6 Å². The predicted molar refractivity (Wildman–Crippen MR) is 131 cm³/mol. The molecule has 0 radical (unpaired) electrons. The number of amides is 1. The lowest BCUT2D eigenvalue weighted by molar-refractivity contribution is -0.138. The van der Waals surface area contributed by atoms with Gasteiger partial charge < -0.3 is 15.2 Å². The number of nitrogens with one attached hydrogen (secondary N) is 1. The third kappa shape index (κ3) is 7.01. The minimum absolute atomic E-state index is 0.0452. The summed E-state index contributed by atoms with van der Waals surface area (Å²) in [6.45, 7) is 5.50. The average Bonchev–Trinajstić information content (AvgIpc) is 2.77. The van der Waals surface area contributed by atoms with Gasteiger partial charge in [0.1, 0.15) is 11.5 Å². The molecule has 0 saturated carbocycles. The van der Waals surface area contributed by atoms with Crippen molar-refractivity contribution in [3.05, 3.63) is 93.0 Å². The molecule has 190 valence electrons. The zero-order chi connectivity index (χ0) is 26.6. The van der Waals surface area contributed by atoms with E-state index < -0.39 is 29.7 Å². The van der Waals surface area contributed by atoms with Crippen LogP contribution in [-0.2, 0) is 17.4 Å². The standard InChI is InChI=1S/C27H25ClF3NO4/c1-15-10-19(17(3)32-26(35)23-8-6-20(14-24(23)28)27(29,30)31)13-22(11-15)36-21-7-4-18(16(2)12-21)5-9-25(33)34/h4,6-8,10-14,17H,5,9H2,1-3H3,(H,32,35)(H,33,34)/t17-/m1/s1. The number of ether oxygens (including phenoxy) is 1. The van der Waals surface area contributed by atoms with Gasteiger partial charge in [-0.2, -0.15) is 13.2 Å². The Labute approximate surface area is 211 Å². The number of aryl methyl sites for hydroxylation is 3. The summed E-state index contributed by atoms with van der Waals surface area (Å²) in [5, 5.41) is 11.4. The van der Waals surface area contributed by atoms with Gasteiger partial charge in [0.15, 0.2) is 0 Å². The summed E-state index contributed by atoms with van der Waals surface area (Å²) in [6, 6.07) is 13.0.